The molecule has 0 aromatic rings. The summed E-state index contributed by atoms with van der Waals surface area (Å²) in [4.78, 5) is 24.3. The predicted molar refractivity (Wildman–Crippen MR) is 175 cm³/mol. The van der Waals surface area contributed by atoms with Gasteiger partial charge >= 0.3 is 5.97 Å². The van der Waals surface area contributed by atoms with E-state index in [0.717, 1.165) is 56.1 Å². The van der Waals surface area contributed by atoms with Crippen molar-refractivity contribution in [3.05, 3.63) is 23.3 Å². The molecule has 0 spiro atoms. The molecule has 0 aromatic heterocycles. The fourth-order valence-electron chi connectivity index (χ4n) is 12.7. The number of aliphatic carboxylic acids is 1. The summed E-state index contributed by atoms with van der Waals surface area (Å²) in [6.07, 6.45) is 20.7. The average Bonchev–Trinajstić information content (AvgIpc) is 3.42. The van der Waals surface area contributed by atoms with Gasteiger partial charge in [0.2, 0.25) is 0 Å². The molecule has 44 heavy (non-hydrogen) atoms. The minimum atomic E-state index is -0.631. The largest absolute Gasteiger partial charge is 0.481 e. The second-order valence-corrected chi connectivity index (χ2v) is 16.8. The Morgan fingerprint density at radius 1 is 1.00 bits per heavy atom. The van der Waals surface area contributed by atoms with E-state index in [1.54, 1.807) is 5.57 Å². The van der Waals surface area contributed by atoms with Crippen LogP contribution >= 0.6 is 0 Å². The highest BCUT2D eigenvalue weighted by atomic mass is 16.5. The summed E-state index contributed by atoms with van der Waals surface area (Å²) in [7, 11) is 2.13. The van der Waals surface area contributed by atoms with Gasteiger partial charge in [0.1, 0.15) is 6.61 Å². The van der Waals surface area contributed by atoms with Crippen LogP contribution in [0.25, 0.3) is 0 Å². The first kappa shape index (κ1) is 32.3. The van der Waals surface area contributed by atoms with Gasteiger partial charge in [0.25, 0.3) is 6.47 Å². The van der Waals surface area contributed by atoms with Gasteiger partial charge in [0.05, 0.1) is 5.92 Å². The lowest BCUT2D eigenvalue weighted by Crippen LogP contribution is -2.67. The Balaban J connectivity index is 1.17. The molecule has 6 nitrogen and oxygen atoms in total. The summed E-state index contributed by atoms with van der Waals surface area (Å²) in [6, 6.07) is 0. The Morgan fingerprint density at radius 3 is 2.55 bits per heavy atom. The topological polar surface area (TPSA) is 78.9 Å². The zero-order chi connectivity index (χ0) is 31.3. The highest BCUT2D eigenvalue weighted by molar-refractivity contribution is 5.70. The molecule has 0 bridgehead atoms. The number of hydrogen-bond acceptors (Lipinski definition) is 5. The summed E-state index contributed by atoms with van der Waals surface area (Å²) < 4.78 is 4.92. The summed E-state index contributed by atoms with van der Waals surface area (Å²) in [6.45, 7) is 14.4. The average molecular weight is 609 g/mol. The second-order valence-electron chi connectivity index (χ2n) is 16.8. The number of carbonyl (C=O) groups is 2. The maximum absolute atomic E-state index is 11.6. The fourth-order valence-corrected chi connectivity index (χ4v) is 12.7. The van der Waals surface area contributed by atoms with Crippen LogP contribution in [-0.4, -0.2) is 61.3 Å². The number of likely N-dealkylation sites (N-methyl/N-ethyl adjacent to an activating group) is 1. The third-order valence-corrected chi connectivity index (χ3v) is 15.3. The molecule has 0 saturated heterocycles. The molecule has 4 fully saturated rings. The standard InChI is InChI=1S/C38H60N2O4/c1-26-29(27-8-10-28(11-9-27)34(42)43)14-17-35(2)30(26)15-18-37(4)33(35)13-12-31-32-7-6-16-38(32,20-19-36(31,37)3)39-21-22-40(5)23-24-44-25-41/h8,14,25-26,28,30-33,39H,6-7,9-13,15-24H2,1-5H3,(H,42,43)/t26?,28?,30?,31?,32?,33?,35?,36-,37?,38+/m1/s1. The number of carboxylic acid groups (broad SMARTS) is 1. The minimum absolute atomic E-state index is 0.199. The van der Waals surface area contributed by atoms with Crippen molar-refractivity contribution in [2.45, 2.75) is 117 Å². The van der Waals surface area contributed by atoms with Crippen LogP contribution in [0.4, 0.5) is 0 Å². The summed E-state index contributed by atoms with van der Waals surface area (Å²) in [5.74, 6) is 2.84. The van der Waals surface area contributed by atoms with E-state index in [1.165, 1.54) is 69.8 Å². The third kappa shape index (κ3) is 5.13. The number of ether oxygens (including phenoxy) is 1. The third-order valence-electron chi connectivity index (χ3n) is 15.3. The smallest absolute Gasteiger partial charge is 0.306 e. The quantitative estimate of drug-likeness (QED) is 0.201. The van der Waals surface area contributed by atoms with E-state index >= 15 is 0 Å². The zero-order valence-corrected chi connectivity index (χ0v) is 28.3. The van der Waals surface area contributed by atoms with Gasteiger partial charge in [0.15, 0.2) is 0 Å². The molecule has 4 saturated carbocycles. The van der Waals surface area contributed by atoms with Gasteiger partial charge in [0, 0.05) is 25.2 Å². The first-order valence-corrected chi connectivity index (χ1v) is 18.1. The van der Waals surface area contributed by atoms with Crippen LogP contribution in [0.15, 0.2) is 23.3 Å². The number of nitrogens with one attached hydrogen (secondary N) is 1. The highest BCUT2D eigenvalue weighted by Crippen LogP contribution is 2.75. The van der Waals surface area contributed by atoms with Crippen molar-refractivity contribution in [1.29, 1.82) is 0 Å². The monoisotopic (exact) mass is 608 g/mol. The van der Waals surface area contributed by atoms with E-state index in [0.29, 0.717) is 47.2 Å². The molecule has 6 heteroatoms. The summed E-state index contributed by atoms with van der Waals surface area (Å²) in [5, 5.41) is 13.7. The molecule has 6 aliphatic rings. The first-order valence-electron chi connectivity index (χ1n) is 18.1. The number of allylic oxidation sites excluding steroid dienone is 4. The number of carboxylic acids is 1. The van der Waals surface area contributed by atoms with Crippen molar-refractivity contribution in [2.24, 2.45) is 51.8 Å². The highest BCUT2D eigenvalue weighted by Gasteiger charge is 2.68. The first-order chi connectivity index (χ1) is 21.0. The second kappa shape index (κ2) is 12.2. The summed E-state index contributed by atoms with van der Waals surface area (Å²) in [5.41, 5.74) is 4.46. The number of carbonyl (C=O) groups excluding carboxylic acids is 1. The van der Waals surface area contributed by atoms with Crippen molar-refractivity contribution in [3.63, 3.8) is 0 Å². The van der Waals surface area contributed by atoms with Gasteiger partial charge in [-0.3, -0.25) is 9.59 Å². The molecule has 246 valence electrons. The van der Waals surface area contributed by atoms with E-state index in [4.69, 9.17) is 4.74 Å². The summed E-state index contributed by atoms with van der Waals surface area (Å²) >= 11 is 0. The lowest BCUT2D eigenvalue weighted by molar-refractivity contribution is -0.212. The van der Waals surface area contributed by atoms with E-state index in [9.17, 15) is 14.7 Å². The van der Waals surface area contributed by atoms with Gasteiger partial charge in [-0.25, -0.2) is 0 Å². The fraction of sp³-hybridized carbons (Fsp3) is 0.842. The van der Waals surface area contributed by atoms with Gasteiger partial charge in [-0.15, -0.1) is 0 Å². The van der Waals surface area contributed by atoms with Crippen molar-refractivity contribution in [1.82, 2.24) is 10.2 Å². The predicted octanol–water partition coefficient (Wildman–Crippen LogP) is 7.25. The van der Waals surface area contributed by atoms with E-state index in [1.807, 2.05) is 0 Å². The Morgan fingerprint density at radius 2 is 1.82 bits per heavy atom. The molecule has 2 N–H and O–H groups in total. The molecule has 0 amide bonds. The number of nitrogens with zero attached hydrogens (tertiary/aromatic N) is 1. The molecule has 0 aliphatic heterocycles. The molecule has 0 heterocycles. The maximum atomic E-state index is 11.6. The van der Waals surface area contributed by atoms with Gasteiger partial charge in [-0.1, -0.05) is 46.3 Å². The SMILES string of the molecule is CC1C(C2=CCC(C(=O)O)CC2)=CCC2(C)C1CCC1(C)C2CCC2C3CCC[C@]3(NCCN(C)CCOC=O)CC[C@]21C. The minimum Gasteiger partial charge on any atom is -0.481 e. The van der Waals surface area contributed by atoms with Crippen LogP contribution in [0, 0.1) is 51.8 Å². The normalized spacial score (nSPS) is 44.9. The van der Waals surface area contributed by atoms with Crippen LogP contribution in [0.2, 0.25) is 0 Å². The molecule has 6 rings (SSSR count). The van der Waals surface area contributed by atoms with Crippen molar-refractivity contribution >= 4 is 12.4 Å². The molecule has 10 atom stereocenters. The molecular weight excluding hydrogens is 548 g/mol. The van der Waals surface area contributed by atoms with Crippen molar-refractivity contribution in [2.75, 3.05) is 33.3 Å². The molecule has 6 aliphatic carbocycles. The van der Waals surface area contributed by atoms with Crippen LogP contribution in [0.1, 0.15) is 111 Å². The van der Waals surface area contributed by atoms with Gasteiger partial charge < -0.3 is 20.1 Å². The Labute approximate surface area is 266 Å². The number of fused-ring (bicyclic) bond motifs is 7. The molecular formula is C38H60N2O4. The number of hydrogen-bond donors (Lipinski definition) is 2. The van der Waals surface area contributed by atoms with Crippen LogP contribution in [0.5, 0.6) is 0 Å². The van der Waals surface area contributed by atoms with E-state index in [2.05, 4.69) is 57.1 Å². The Hall–Kier alpha value is -1.66. The van der Waals surface area contributed by atoms with Gasteiger partial charge in [-0.05, 0) is 141 Å². The number of rotatable bonds is 10. The lowest BCUT2D eigenvalue weighted by Gasteiger charge is -2.71. The Kier molecular flexibility index (Phi) is 8.93. The van der Waals surface area contributed by atoms with Crippen LogP contribution in [-0.2, 0) is 14.3 Å². The van der Waals surface area contributed by atoms with Gasteiger partial charge in [-0.2, -0.15) is 0 Å². The van der Waals surface area contributed by atoms with Crippen molar-refractivity contribution < 1.29 is 19.4 Å². The van der Waals surface area contributed by atoms with Crippen LogP contribution < -0.4 is 5.32 Å². The maximum Gasteiger partial charge on any atom is 0.306 e. The molecule has 0 radical (unpaired) electrons. The van der Waals surface area contributed by atoms with E-state index in [-0.39, 0.29) is 5.92 Å². The zero-order valence-electron chi connectivity index (χ0n) is 28.3. The lowest BCUT2D eigenvalue weighted by atomic mass is 9.34. The van der Waals surface area contributed by atoms with E-state index < -0.39 is 5.97 Å². The van der Waals surface area contributed by atoms with Crippen molar-refractivity contribution in [3.8, 4) is 0 Å². The molecule has 8 unspecified atom stereocenters. The Bertz CT molecular complexity index is 1170. The molecule has 0 aromatic carbocycles. The van der Waals surface area contributed by atoms with Crippen LogP contribution in [0.3, 0.4) is 0 Å².